The van der Waals surface area contributed by atoms with Crippen LogP contribution in [0.1, 0.15) is 26.2 Å². The molecule has 1 aliphatic carbocycles. The minimum absolute atomic E-state index is 0.585. The summed E-state index contributed by atoms with van der Waals surface area (Å²) in [4.78, 5) is 0. The summed E-state index contributed by atoms with van der Waals surface area (Å²) < 4.78 is 6.05. The summed E-state index contributed by atoms with van der Waals surface area (Å²) in [6.07, 6.45) is 4.62. The highest BCUT2D eigenvalue weighted by Crippen LogP contribution is 2.29. The summed E-state index contributed by atoms with van der Waals surface area (Å²) >= 11 is 0. The van der Waals surface area contributed by atoms with Crippen LogP contribution >= 0.6 is 0 Å². The summed E-state index contributed by atoms with van der Waals surface area (Å²) in [7, 11) is -1.26. The standard InChI is InChI=1S/C9H20OSi/c1-8-6-5-7-9(8)10-11(2,3)4/h8-9H,5-7H2,1-4H3/t8-,9-/m1/s1. The lowest BCUT2D eigenvalue weighted by molar-refractivity contribution is 0.160. The average molecular weight is 172 g/mol. The highest BCUT2D eigenvalue weighted by atomic mass is 28.4. The molecule has 0 unspecified atom stereocenters. The molecule has 0 aliphatic heterocycles. The van der Waals surface area contributed by atoms with Crippen molar-refractivity contribution in [2.24, 2.45) is 5.92 Å². The van der Waals surface area contributed by atoms with Crippen molar-refractivity contribution in [1.29, 1.82) is 0 Å². The first-order chi connectivity index (χ1) is 4.99. The highest BCUT2D eigenvalue weighted by Gasteiger charge is 2.28. The Labute approximate surface area is 71.3 Å². The van der Waals surface area contributed by atoms with Crippen LogP contribution in [0.15, 0.2) is 0 Å². The molecule has 0 spiro atoms. The largest absolute Gasteiger partial charge is 0.414 e. The van der Waals surface area contributed by atoms with Gasteiger partial charge in [0.25, 0.3) is 0 Å². The van der Waals surface area contributed by atoms with E-state index >= 15 is 0 Å². The molecule has 0 bridgehead atoms. The minimum atomic E-state index is -1.26. The Morgan fingerprint density at radius 1 is 1.18 bits per heavy atom. The van der Waals surface area contributed by atoms with Crippen molar-refractivity contribution >= 4 is 8.32 Å². The predicted octanol–water partition coefficient (Wildman–Crippen LogP) is 3.03. The average Bonchev–Trinajstić information content (AvgIpc) is 2.12. The fraction of sp³-hybridized carbons (Fsp3) is 1.00. The van der Waals surface area contributed by atoms with Crippen molar-refractivity contribution < 1.29 is 4.43 Å². The lowest BCUT2D eigenvalue weighted by atomic mass is 10.1. The molecule has 0 saturated heterocycles. The van der Waals surface area contributed by atoms with Crippen LogP contribution < -0.4 is 0 Å². The molecule has 0 amide bonds. The zero-order valence-corrected chi connectivity index (χ0v) is 9.18. The molecule has 1 saturated carbocycles. The van der Waals surface area contributed by atoms with Gasteiger partial charge in [-0.2, -0.15) is 0 Å². The molecule has 0 aromatic carbocycles. The molecule has 0 aromatic rings. The van der Waals surface area contributed by atoms with Crippen LogP contribution in [0, 0.1) is 5.92 Å². The second-order valence-corrected chi connectivity index (χ2v) is 9.14. The van der Waals surface area contributed by atoms with Crippen molar-refractivity contribution in [1.82, 2.24) is 0 Å². The van der Waals surface area contributed by atoms with Crippen LogP contribution in [0.3, 0.4) is 0 Å². The Morgan fingerprint density at radius 2 is 1.82 bits per heavy atom. The van der Waals surface area contributed by atoms with Crippen LogP contribution in [-0.2, 0) is 4.43 Å². The van der Waals surface area contributed by atoms with E-state index < -0.39 is 8.32 Å². The second-order valence-electron chi connectivity index (χ2n) is 4.68. The lowest BCUT2D eigenvalue weighted by Gasteiger charge is -2.25. The van der Waals surface area contributed by atoms with E-state index in [2.05, 4.69) is 26.6 Å². The molecule has 1 aliphatic rings. The van der Waals surface area contributed by atoms with Crippen LogP contribution in [0.5, 0.6) is 0 Å². The molecule has 0 aromatic heterocycles. The maximum atomic E-state index is 6.05. The third-order valence-corrected chi connectivity index (χ3v) is 3.30. The second kappa shape index (κ2) is 3.28. The monoisotopic (exact) mass is 172 g/mol. The normalized spacial score (nSPS) is 32.7. The summed E-state index contributed by atoms with van der Waals surface area (Å²) in [5, 5.41) is 0. The van der Waals surface area contributed by atoms with Gasteiger partial charge < -0.3 is 4.43 Å². The van der Waals surface area contributed by atoms with E-state index in [1.54, 1.807) is 0 Å². The summed E-state index contributed by atoms with van der Waals surface area (Å²) in [5.41, 5.74) is 0. The van der Waals surface area contributed by atoms with Gasteiger partial charge in [0, 0.05) is 6.10 Å². The van der Waals surface area contributed by atoms with Crippen LogP contribution in [-0.4, -0.2) is 14.4 Å². The summed E-state index contributed by atoms with van der Waals surface area (Å²) in [5.74, 6) is 0.807. The lowest BCUT2D eigenvalue weighted by Crippen LogP contribution is -2.33. The molecule has 66 valence electrons. The molecule has 0 heterocycles. The van der Waals surface area contributed by atoms with E-state index in [1.165, 1.54) is 19.3 Å². The van der Waals surface area contributed by atoms with Gasteiger partial charge in [-0.1, -0.05) is 13.3 Å². The predicted molar refractivity (Wildman–Crippen MR) is 51.2 cm³/mol. The summed E-state index contributed by atoms with van der Waals surface area (Å²) in [6, 6.07) is 0. The molecular formula is C9H20OSi. The first-order valence-corrected chi connectivity index (χ1v) is 8.08. The Balaban J connectivity index is 2.37. The van der Waals surface area contributed by atoms with Crippen molar-refractivity contribution in [3.05, 3.63) is 0 Å². The van der Waals surface area contributed by atoms with Gasteiger partial charge in [-0.05, 0) is 38.4 Å². The fourth-order valence-electron chi connectivity index (χ4n) is 1.74. The van der Waals surface area contributed by atoms with Crippen LogP contribution in [0.25, 0.3) is 0 Å². The van der Waals surface area contributed by atoms with E-state index in [0.717, 1.165) is 5.92 Å². The number of hydrogen-bond acceptors (Lipinski definition) is 1. The summed E-state index contributed by atoms with van der Waals surface area (Å²) in [6.45, 7) is 9.14. The molecular weight excluding hydrogens is 152 g/mol. The topological polar surface area (TPSA) is 9.23 Å². The maximum absolute atomic E-state index is 6.05. The van der Waals surface area contributed by atoms with E-state index in [0.29, 0.717) is 6.10 Å². The first-order valence-electron chi connectivity index (χ1n) is 4.67. The highest BCUT2D eigenvalue weighted by molar-refractivity contribution is 6.69. The Bertz CT molecular complexity index is 128. The quantitative estimate of drug-likeness (QED) is 0.582. The van der Waals surface area contributed by atoms with Gasteiger partial charge in [0.1, 0.15) is 0 Å². The minimum Gasteiger partial charge on any atom is -0.414 e. The van der Waals surface area contributed by atoms with Crippen LogP contribution in [0.4, 0.5) is 0 Å². The van der Waals surface area contributed by atoms with Gasteiger partial charge in [0.2, 0.25) is 0 Å². The van der Waals surface area contributed by atoms with Gasteiger partial charge in [-0.3, -0.25) is 0 Å². The maximum Gasteiger partial charge on any atom is 0.184 e. The smallest absolute Gasteiger partial charge is 0.184 e. The molecule has 0 radical (unpaired) electrons. The Hall–Kier alpha value is 0.177. The number of hydrogen-bond donors (Lipinski definition) is 0. The molecule has 0 N–H and O–H groups in total. The zero-order chi connectivity index (χ0) is 8.48. The van der Waals surface area contributed by atoms with Crippen molar-refractivity contribution in [2.75, 3.05) is 0 Å². The Kier molecular flexibility index (Phi) is 2.76. The zero-order valence-electron chi connectivity index (χ0n) is 8.18. The van der Waals surface area contributed by atoms with E-state index in [1.807, 2.05) is 0 Å². The van der Waals surface area contributed by atoms with Gasteiger partial charge >= 0.3 is 0 Å². The van der Waals surface area contributed by atoms with E-state index in [4.69, 9.17) is 4.43 Å². The SMILES string of the molecule is C[C@@H]1CCC[C@H]1O[Si](C)(C)C. The Morgan fingerprint density at radius 3 is 2.18 bits per heavy atom. The fourth-order valence-corrected chi connectivity index (χ4v) is 3.00. The molecule has 1 fully saturated rings. The van der Waals surface area contributed by atoms with Gasteiger partial charge in [-0.25, -0.2) is 0 Å². The molecule has 1 rings (SSSR count). The van der Waals surface area contributed by atoms with Crippen LogP contribution in [0.2, 0.25) is 19.6 Å². The van der Waals surface area contributed by atoms with Gasteiger partial charge in [0.05, 0.1) is 0 Å². The first kappa shape index (κ1) is 9.27. The van der Waals surface area contributed by atoms with Gasteiger partial charge in [-0.15, -0.1) is 0 Å². The van der Waals surface area contributed by atoms with Crippen molar-refractivity contribution in [3.8, 4) is 0 Å². The number of rotatable bonds is 2. The molecule has 1 nitrogen and oxygen atoms in total. The van der Waals surface area contributed by atoms with E-state index in [-0.39, 0.29) is 0 Å². The third-order valence-electron chi connectivity index (χ3n) is 2.29. The van der Waals surface area contributed by atoms with Crippen molar-refractivity contribution in [3.63, 3.8) is 0 Å². The molecule has 11 heavy (non-hydrogen) atoms. The van der Waals surface area contributed by atoms with Crippen molar-refractivity contribution in [2.45, 2.75) is 51.9 Å². The third kappa shape index (κ3) is 2.95. The van der Waals surface area contributed by atoms with Gasteiger partial charge in [0.15, 0.2) is 8.32 Å². The molecule has 2 heteroatoms. The molecule has 2 atom stereocenters. The van der Waals surface area contributed by atoms with E-state index in [9.17, 15) is 0 Å².